The highest BCUT2D eigenvalue weighted by Crippen LogP contribution is 2.37. The molecule has 0 spiro atoms. The lowest BCUT2D eigenvalue weighted by Crippen LogP contribution is -2.34. The number of fused-ring (bicyclic) bond motifs is 1. The molecule has 1 fully saturated rings. The molecule has 0 radical (unpaired) electrons. The van der Waals surface area contributed by atoms with Gasteiger partial charge in [-0.2, -0.15) is 13.2 Å². The van der Waals surface area contributed by atoms with E-state index in [9.17, 15) is 31.9 Å². The molecule has 0 aliphatic carbocycles. The zero-order chi connectivity index (χ0) is 27.4. The first-order valence-electron chi connectivity index (χ1n) is 12.3. The average molecular weight is 535 g/mol. The summed E-state index contributed by atoms with van der Waals surface area (Å²) in [5, 5.41) is -0.197. The molecule has 1 aliphatic heterocycles. The lowest BCUT2D eigenvalue weighted by Gasteiger charge is -2.17. The number of urea groups is 1. The molecule has 4 rings (SSSR count). The Kier molecular flexibility index (Phi) is 8.03. The second-order valence-electron chi connectivity index (χ2n) is 8.92. The van der Waals surface area contributed by atoms with E-state index in [4.69, 9.17) is 9.15 Å². The summed E-state index contributed by atoms with van der Waals surface area (Å²) < 4.78 is 65.4. The number of hydrogen-bond acceptors (Lipinski definition) is 5. The van der Waals surface area contributed by atoms with Crippen LogP contribution in [0.2, 0.25) is 0 Å². The highest BCUT2D eigenvalue weighted by Gasteiger charge is 2.37. The van der Waals surface area contributed by atoms with Crippen LogP contribution in [0.3, 0.4) is 0 Å². The number of rotatable bonds is 10. The van der Waals surface area contributed by atoms with Gasteiger partial charge in [0.2, 0.25) is 0 Å². The number of carbonyl (C=O) groups is 2. The minimum absolute atomic E-state index is 0.0539. The maximum absolute atomic E-state index is 14.0. The van der Waals surface area contributed by atoms with E-state index in [0.717, 1.165) is 9.80 Å². The Labute approximate surface area is 215 Å². The van der Waals surface area contributed by atoms with Gasteiger partial charge in [0, 0.05) is 23.6 Å². The number of imide groups is 1. The van der Waals surface area contributed by atoms with Crippen LogP contribution in [0.5, 0.6) is 5.75 Å². The molecule has 0 saturated carbocycles. The number of amides is 3. The number of hydrogen-bond donors (Lipinski definition) is 0. The van der Waals surface area contributed by atoms with Gasteiger partial charge in [-0.25, -0.2) is 14.0 Å². The van der Waals surface area contributed by atoms with Gasteiger partial charge in [0.15, 0.2) is 0 Å². The highest BCUT2D eigenvalue weighted by molar-refractivity contribution is 6.12. The number of benzene rings is 2. The molecule has 0 atom stereocenters. The van der Waals surface area contributed by atoms with Crippen LogP contribution >= 0.6 is 0 Å². The topological polar surface area (TPSA) is 80.1 Å². The molecular weight excluding hydrogens is 508 g/mol. The average Bonchev–Trinajstić information content (AvgIpc) is 3.14. The van der Waals surface area contributed by atoms with E-state index >= 15 is 0 Å². The van der Waals surface area contributed by atoms with Gasteiger partial charge in [0.25, 0.3) is 5.91 Å². The summed E-state index contributed by atoms with van der Waals surface area (Å²) in [6, 6.07) is 8.31. The largest absolute Gasteiger partial charge is 0.493 e. The zero-order valence-electron chi connectivity index (χ0n) is 20.6. The second kappa shape index (κ2) is 11.2. The molecule has 1 aliphatic rings. The van der Waals surface area contributed by atoms with Crippen LogP contribution in [0.1, 0.15) is 43.7 Å². The lowest BCUT2D eigenvalue weighted by molar-refractivity contribution is -0.136. The quantitative estimate of drug-likeness (QED) is 0.140. The summed E-state index contributed by atoms with van der Waals surface area (Å²) in [5.74, 6) is -0.653. The minimum atomic E-state index is -4.70. The molecule has 11 heteroatoms. The van der Waals surface area contributed by atoms with Crippen LogP contribution in [0.4, 0.5) is 28.0 Å². The molecule has 0 N–H and O–H groups in total. The molecule has 1 saturated heterocycles. The predicted octanol–water partition coefficient (Wildman–Crippen LogP) is 5.92. The van der Waals surface area contributed by atoms with Crippen molar-refractivity contribution < 1.29 is 36.3 Å². The van der Waals surface area contributed by atoms with Crippen molar-refractivity contribution in [2.45, 2.75) is 45.2 Å². The summed E-state index contributed by atoms with van der Waals surface area (Å²) in [6.07, 6.45) is -2.12. The van der Waals surface area contributed by atoms with E-state index in [1.54, 1.807) is 6.07 Å². The standard InChI is InChI=1S/C27H26F4N2O5/c1-2-8-18-22(12-11-17-19(27(29,30)31)15-24(35)38-25(17)18)37-14-7-3-6-13-32-23(34)16-33(26(32)36)21-10-5-4-9-20(21)28/h4-5,9-12,15H,2-3,6-8,13-14,16H2,1H3. The Balaban J connectivity index is 1.35. The van der Waals surface area contributed by atoms with E-state index in [1.165, 1.54) is 30.3 Å². The fourth-order valence-corrected chi connectivity index (χ4v) is 4.47. The third-order valence-corrected chi connectivity index (χ3v) is 6.26. The van der Waals surface area contributed by atoms with Crippen LogP contribution in [0, 0.1) is 5.82 Å². The molecule has 0 unspecified atom stereocenters. The second-order valence-corrected chi connectivity index (χ2v) is 8.92. The first-order chi connectivity index (χ1) is 18.1. The SMILES string of the molecule is CCCc1c(OCCCCCN2C(=O)CN(c3ccccc3F)C2=O)ccc2c(C(F)(F)F)cc(=O)oc12. The number of para-hydroxylation sites is 1. The normalized spacial score (nSPS) is 14.1. The summed E-state index contributed by atoms with van der Waals surface area (Å²) in [5.41, 5.74) is -1.81. The molecule has 1 aromatic heterocycles. The number of carbonyl (C=O) groups excluding carboxylic acids is 2. The Bertz CT molecular complexity index is 1400. The third-order valence-electron chi connectivity index (χ3n) is 6.26. The molecule has 3 amide bonds. The van der Waals surface area contributed by atoms with Crippen molar-refractivity contribution >= 4 is 28.6 Å². The van der Waals surface area contributed by atoms with Crippen molar-refractivity contribution in [2.24, 2.45) is 0 Å². The summed E-state index contributed by atoms with van der Waals surface area (Å²) >= 11 is 0. The number of anilines is 1. The van der Waals surface area contributed by atoms with Crippen molar-refractivity contribution in [1.82, 2.24) is 4.90 Å². The van der Waals surface area contributed by atoms with Crippen LogP contribution in [0.15, 0.2) is 51.7 Å². The van der Waals surface area contributed by atoms with Crippen molar-refractivity contribution in [3.05, 3.63) is 69.8 Å². The van der Waals surface area contributed by atoms with E-state index in [0.29, 0.717) is 49.5 Å². The maximum Gasteiger partial charge on any atom is 0.417 e. The third kappa shape index (κ3) is 5.66. The molecule has 202 valence electrons. The van der Waals surface area contributed by atoms with Gasteiger partial charge in [0.05, 0.1) is 17.9 Å². The van der Waals surface area contributed by atoms with Gasteiger partial charge in [-0.3, -0.25) is 14.6 Å². The lowest BCUT2D eigenvalue weighted by atomic mass is 10.0. The summed E-state index contributed by atoms with van der Waals surface area (Å²) in [4.78, 5) is 39.0. The monoisotopic (exact) mass is 534 g/mol. The van der Waals surface area contributed by atoms with E-state index < -0.39 is 35.1 Å². The fourth-order valence-electron chi connectivity index (χ4n) is 4.47. The Hall–Kier alpha value is -3.89. The molecule has 0 bridgehead atoms. The van der Waals surface area contributed by atoms with Crippen molar-refractivity contribution in [3.63, 3.8) is 0 Å². The first kappa shape index (κ1) is 27.2. The van der Waals surface area contributed by atoms with Gasteiger partial charge in [-0.05, 0) is 49.9 Å². The zero-order valence-corrected chi connectivity index (χ0v) is 20.6. The molecule has 2 aromatic carbocycles. The van der Waals surface area contributed by atoms with Crippen LogP contribution < -0.4 is 15.3 Å². The Morgan fingerprint density at radius 2 is 1.79 bits per heavy atom. The van der Waals surface area contributed by atoms with Gasteiger partial charge < -0.3 is 9.15 Å². The van der Waals surface area contributed by atoms with Crippen molar-refractivity contribution in [2.75, 3.05) is 24.6 Å². The Morgan fingerprint density at radius 1 is 1.03 bits per heavy atom. The van der Waals surface area contributed by atoms with Crippen LogP contribution in [0.25, 0.3) is 11.0 Å². The van der Waals surface area contributed by atoms with Gasteiger partial charge >= 0.3 is 17.8 Å². The van der Waals surface area contributed by atoms with E-state index in [1.807, 2.05) is 6.92 Å². The molecule has 2 heterocycles. The van der Waals surface area contributed by atoms with Crippen molar-refractivity contribution in [3.8, 4) is 5.75 Å². The smallest absolute Gasteiger partial charge is 0.417 e. The predicted molar refractivity (Wildman–Crippen MR) is 132 cm³/mol. The highest BCUT2D eigenvalue weighted by atomic mass is 19.4. The fraction of sp³-hybridized carbons (Fsp3) is 0.370. The number of aryl methyl sites for hydroxylation is 1. The summed E-state index contributed by atoms with van der Waals surface area (Å²) in [6.45, 7) is 2.03. The first-order valence-corrected chi connectivity index (χ1v) is 12.3. The minimum Gasteiger partial charge on any atom is -0.493 e. The summed E-state index contributed by atoms with van der Waals surface area (Å²) in [7, 11) is 0. The van der Waals surface area contributed by atoms with Crippen LogP contribution in [-0.4, -0.2) is 36.5 Å². The van der Waals surface area contributed by atoms with Crippen LogP contribution in [-0.2, 0) is 17.4 Å². The molecular formula is C27H26F4N2O5. The number of halogens is 4. The van der Waals surface area contributed by atoms with Gasteiger partial charge in [-0.15, -0.1) is 0 Å². The Morgan fingerprint density at radius 3 is 2.50 bits per heavy atom. The van der Waals surface area contributed by atoms with Gasteiger partial charge in [0.1, 0.15) is 23.7 Å². The number of nitrogens with zero attached hydrogens (tertiary/aromatic N) is 2. The number of alkyl halides is 3. The molecule has 38 heavy (non-hydrogen) atoms. The number of unbranched alkanes of at least 4 members (excludes halogenated alkanes) is 2. The maximum atomic E-state index is 14.0. The van der Waals surface area contributed by atoms with Gasteiger partial charge in [-0.1, -0.05) is 25.5 Å². The van der Waals surface area contributed by atoms with E-state index in [-0.39, 0.29) is 36.4 Å². The molecule has 7 nitrogen and oxygen atoms in total. The number of ether oxygens (including phenoxy) is 1. The van der Waals surface area contributed by atoms with E-state index in [2.05, 4.69) is 0 Å². The molecule has 3 aromatic rings. The van der Waals surface area contributed by atoms with Crippen molar-refractivity contribution in [1.29, 1.82) is 0 Å².